The molecule has 0 fully saturated rings. The SMILES string of the molecule is C=C(CCCCCC)c1ccc(N(c2ccc(C(=C)CCCCCC)cc2)c2ccc(-c3ccc(/C=C(\C#N)C(=O)O)s3)cc2)cc1. The lowest BCUT2D eigenvalue weighted by Gasteiger charge is -2.26. The molecule has 0 amide bonds. The first-order valence-electron chi connectivity index (χ1n) is 16.8. The Bertz CT molecular complexity index is 1640. The van der Waals surface area contributed by atoms with E-state index in [9.17, 15) is 9.90 Å². The Hall–Kier alpha value is -4.66. The van der Waals surface area contributed by atoms with Gasteiger partial charge in [-0.15, -0.1) is 11.3 Å². The van der Waals surface area contributed by atoms with E-state index in [0.29, 0.717) is 0 Å². The molecule has 0 bridgehead atoms. The maximum Gasteiger partial charge on any atom is 0.346 e. The summed E-state index contributed by atoms with van der Waals surface area (Å²) in [4.78, 5) is 15.3. The summed E-state index contributed by atoms with van der Waals surface area (Å²) in [5, 5.41) is 18.4. The van der Waals surface area contributed by atoms with Gasteiger partial charge in [-0.1, -0.05) is 102 Å². The molecule has 4 nitrogen and oxygen atoms in total. The van der Waals surface area contributed by atoms with Crippen molar-refractivity contribution in [2.45, 2.75) is 78.1 Å². The lowest BCUT2D eigenvalue weighted by molar-refractivity contribution is -0.132. The molecule has 242 valence electrons. The van der Waals surface area contributed by atoms with Gasteiger partial charge in [-0.3, -0.25) is 0 Å². The summed E-state index contributed by atoms with van der Waals surface area (Å²) in [6.45, 7) is 13.2. The average molecular weight is 643 g/mol. The van der Waals surface area contributed by atoms with Crippen molar-refractivity contribution in [2.24, 2.45) is 0 Å². The van der Waals surface area contributed by atoms with Crippen LogP contribution in [0.1, 0.15) is 94.1 Å². The first kappa shape index (κ1) is 35.2. The number of nitriles is 1. The molecule has 47 heavy (non-hydrogen) atoms. The van der Waals surface area contributed by atoms with Gasteiger partial charge in [0.2, 0.25) is 0 Å². The Balaban J connectivity index is 1.61. The van der Waals surface area contributed by atoms with E-state index in [-0.39, 0.29) is 5.57 Å². The van der Waals surface area contributed by atoms with Crippen LogP contribution in [0.2, 0.25) is 0 Å². The van der Waals surface area contributed by atoms with Crippen LogP contribution in [0.25, 0.3) is 27.7 Å². The Morgan fingerprint density at radius 1 is 0.723 bits per heavy atom. The van der Waals surface area contributed by atoms with Crippen molar-refractivity contribution in [2.75, 3.05) is 4.90 Å². The van der Waals surface area contributed by atoms with E-state index in [1.807, 2.05) is 12.1 Å². The van der Waals surface area contributed by atoms with E-state index in [1.165, 1.54) is 91.1 Å². The van der Waals surface area contributed by atoms with Crippen LogP contribution in [0.15, 0.2) is 104 Å². The van der Waals surface area contributed by atoms with Crippen molar-refractivity contribution >= 4 is 51.6 Å². The summed E-state index contributed by atoms with van der Waals surface area (Å²) < 4.78 is 0. The molecular formula is C42H46N2O2S. The molecule has 1 heterocycles. The molecule has 1 aromatic heterocycles. The largest absolute Gasteiger partial charge is 0.477 e. The first-order valence-corrected chi connectivity index (χ1v) is 17.6. The number of aliphatic carboxylic acids is 1. The first-order chi connectivity index (χ1) is 22.8. The zero-order valence-corrected chi connectivity index (χ0v) is 28.6. The predicted molar refractivity (Wildman–Crippen MR) is 201 cm³/mol. The van der Waals surface area contributed by atoms with E-state index in [0.717, 1.165) is 45.2 Å². The van der Waals surface area contributed by atoms with Crippen molar-refractivity contribution in [1.82, 2.24) is 0 Å². The van der Waals surface area contributed by atoms with Crippen molar-refractivity contribution in [3.63, 3.8) is 0 Å². The molecule has 0 unspecified atom stereocenters. The monoisotopic (exact) mass is 642 g/mol. The number of carboxylic acid groups (broad SMARTS) is 1. The van der Waals surface area contributed by atoms with Gasteiger partial charge in [0.15, 0.2) is 0 Å². The molecule has 0 aliphatic carbocycles. The number of carboxylic acids is 1. The Morgan fingerprint density at radius 3 is 1.62 bits per heavy atom. The topological polar surface area (TPSA) is 64.3 Å². The zero-order chi connectivity index (χ0) is 33.6. The van der Waals surface area contributed by atoms with Crippen LogP contribution in [0, 0.1) is 11.3 Å². The summed E-state index contributed by atoms with van der Waals surface area (Å²) in [6, 6.07) is 31.4. The highest BCUT2D eigenvalue weighted by molar-refractivity contribution is 7.16. The van der Waals surface area contributed by atoms with Gasteiger partial charge in [-0.05, 0) is 108 Å². The third-order valence-corrected chi connectivity index (χ3v) is 9.49. The lowest BCUT2D eigenvalue weighted by atomic mass is 9.99. The van der Waals surface area contributed by atoms with Crippen LogP contribution >= 0.6 is 11.3 Å². The maximum atomic E-state index is 11.3. The van der Waals surface area contributed by atoms with Crippen molar-refractivity contribution in [1.29, 1.82) is 5.26 Å². The highest BCUT2D eigenvalue weighted by atomic mass is 32.1. The Morgan fingerprint density at radius 2 is 1.19 bits per heavy atom. The summed E-state index contributed by atoms with van der Waals surface area (Å²) in [6.07, 6.45) is 13.3. The number of hydrogen-bond donors (Lipinski definition) is 1. The van der Waals surface area contributed by atoms with E-state index in [1.54, 1.807) is 6.07 Å². The summed E-state index contributed by atoms with van der Waals surface area (Å²) in [7, 11) is 0. The Labute approximate surface area is 285 Å². The van der Waals surface area contributed by atoms with Gasteiger partial charge in [0.25, 0.3) is 0 Å². The zero-order valence-electron chi connectivity index (χ0n) is 27.8. The van der Waals surface area contributed by atoms with Gasteiger partial charge in [0, 0.05) is 26.8 Å². The van der Waals surface area contributed by atoms with Crippen molar-refractivity contribution in [3.8, 4) is 16.5 Å². The molecule has 0 spiro atoms. The Kier molecular flexibility index (Phi) is 13.4. The second-order valence-corrected chi connectivity index (χ2v) is 13.1. The van der Waals surface area contributed by atoms with Gasteiger partial charge in [0.05, 0.1) is 0 Å². The molecule has 0 atom stereocenters. The average Bonchev–Trinajstić information content (AvgIpc) is 3.57. The fraction of sp³-hybridized carbons (Fsp3) is 0.286. The minimum atomic E-state index is -1.22. The molecule has 0 saturated carbocycles. The molecule has 3 aromatic carbocycles. The second-order valence-electron chi connectivity index (χ2n) is 12.0. The number of allylic oxidation sites excluding steroid dienone is 2. The quantitative estimate of drug-likeness (QED) is 0.0666. The van der Waals surface area contributed by atoms with Gasteiger partial charge in [-0.25, -0.2) is 4.79 Å². The molecule has 4 rings (SSSR count). The van der Waals surface area contributed by atoms with Crippen molar-refractivity contribution in [3.05, 3.63) is 120 Å². The number of unbranched alkanes of at least 4 members (excludes halogenated alkanes) is 6. The smallest absolute Gasteiger partial charge is 0.346 e. The minimum absolute atomic E-state index is 0.276. The molecule has 0 aliphatic heterocycles. The fourth-order valence-electron chi connectivity index (χ4n) is 5.60. The highest BCUT2D eigenvalue weighted by Crippen LogP contribution is 2.38. The molecule has 0 aliphatic rings. The van der Waals surface area contributed by atoms with Crippen LogP contribution < -0.4 is 4.90 Å². The maximum absolute atomic E-state index is 11.3. The summed E-state index contributed by atoms with van der Waals surface area (Å²) >= 11 is 1.46. The third kappa shape index (κ3) is 9.91. The van der Waals surface area contributed by atoms with Gasteiger partial charge in [0.1, 0.15) is 11.6 Å². The molecule has 0 saturated heterocycles. The van der Waals surface area contributed by atoms with Crippen LogP contribution in [-0.4, -0.2) is 11.1 Å². The second kappa shape index (κ2) is 17.9. The van der Waals surface area contributed by atoms with E-state index >= 15 is 0 Å². The van der Waals surface area contributed by atoms with Crippen LogP contribution in [-0.2, 0) is 4.79 Å². The number of thiophene rings is 1. The molecule has 1 N–H and O–H groups in total. The van der Waals surface area contributed by atoms with E-state index in [4.69, 9.17) is 5.26 Å². The van der Waals surface area contributed by atoms with Crippen LogP contribution in [0.4, 0.5) is 17.1 Å². The number of carbonyl (C=O) groups is 1. The standard InChI is InChI=1S/C42H46N2O2S/c1-5-7-9-11-13-31(3)33-15-21-37(22-16-33)44(38-23-17-34(18-24-38)32(4)14-12-10-8-6-2)39-25-19-35(20-26-39)41-28-27-40(47-41)29-36(30-43)42(45)46/h15-29H,3-14H2,1-2H3,(H,45,46)/b36-29+. The summed E-state index contributed by atoms with van der Waals surface area (Å²) in [5.41, 5.74) is 8.63. The van der Waals surface area contributed by atoms with Crippen molar-refractivity contribution < 1.29 is 9.90 Å². The fourth-order valence-corrected chi connectivity index (χ4v) is 6.56. The molecular weight excluding hydrogens is 597 g/mol. The van der Waals surface area contributed by atoms with Crippen LogP contribution in [0.3, 0.4) is 0 Å². The van der Waals surface area contributed by atoms with E-state index < -0.39 is 5.97 Å². The third-order valence-electron chi connectivity index (χ3n) is 8.41. The predicted octanol–water partition coefficient (Wildman–Crippen LogP) is 12.8. The van der Waals surface area contributed by atoms with E-state index in [2.05, 4.69) is 105 Å². The van der Waals surface area contributed by atoms with Crippen LogP contribution in [0.5, 0.6) is 0 Å². The van der Waals surface area contributed by atoms with Gasteiger partial charge >= 0.3 is 5.97 Å². The molecule has 0 radical (unpaired) electrons. The molecule has 4 aromatic rings. The van der Waals surface area contributed by atoms with Gasteiger partial charge < -0.3 is 10.0 Å². The number of benzene rings is 3. The number of anilines is 3. The lowest BCUT2D eigenvalue weighted by Crippen LogP contribution is -2.10. The van der Waals surface area contributed by atoms with Gasteiger partial charge in [-0.2, -0.15) is 5.26 Å². The number of nitrogens with zero attached hydrogens (tertiary/aromatic N) is 2. The summed E-state index contributed by atoms with van der Waals surface area (Å²) in [5.74, 6) is -1.22. The molecule has 5 heteroatoms. The minimum Gasteiger partial charge on any atom is -0.477 e. The normalized spacial score (nSPS) is 11.2. The number of hydrogen-bond acceptors (Lipinski definition) is 4. The number of rotatable bonds is 18. The highest BCUT2D eigenvalue weighted by Gasteiger charge is 2.15.